The largest absolute Gasteiger partial charge is 0.394 e. The van der Waals surface area contributed by atoms with Gasteiger partial charge in [-0.25, -0.2) is 13.1 Å². The molecule has 1 aliphatic heterocycles. The van der Waals surface area contributed by atoms with Gasteiger partial charge >= 0.3 is 0 Å². The third-order valence-electron chi connectivity index (χ3n) is 5.40. The van der Waals surface area contributed by atoms with Crippen LogP contribution in [0.3, 0.4) is 0 Å². The van der Waals surface area contributed by atoms with E-state index in [9.17, 15) is 13.5 Å². The smallest absolute Gasteiger partial charge is 0.240 e. The molecule has 2 aromatic heterocycles. The topological polar surface area (TPSA) is 119 Å². The van der Waals surface area contributed by atoms with E-state index in [4.69, 9.17) is 16.3 Å². The van der Waals surface area contributed by atoms with Gasteiger partial charge in [-0.2, -0.15) is 0 Å². The molecule has 0 bridgehead atoms. The van der Waals surface area contributed by atoms with Crippen molar-refractivity contribution in [1.29, 1.82) is 0 Å². The molecule has 0 amide bonds. The molecule has 1 fully saturated rings. The summed E-state index contributed by atoms with van der Waals surface area (Å²) in [6, 6.07) is 9.19. The lowest BCUT2D eigenvalue weighted by Gasteiger charge is -2.36. The Morgan fingerprint density at radius 2 is 2.03 bits per heavy atom. The molecule has 0 radical (unpaired) electrons. The van der Waals surface area contributed by atoms with Gasteiger partial charge in [0.05, 0.1) is 35.9 Å². The summed E-state index contributed by atoms with van der Waals surface area (Å²) in [5.41, 5.74) is 1.64. The predicted octanol–water partition coefficient (Wildman–Crippen LogP) is 2.27. The Morgan fingerprint density at radius 3 is 2.75 bits per heavy atom. The van der Waals surface area contributed by atoms with E-state index in [-0.39, 0.29) is 17.6 Å². The Balaban J connectivity index is 1.33. The van der Waals surface area contributed by atoms with Crippen molar-refractivity contribution < 1.29 is 18.3 Å². The van der Waals surface area contributed by atoms with Gasteiger partial charge in [-0.3, -0.25) is 9.67 Å². The minimum Gasteiger partial charge on any atom is -0.394 e. The summed E-state index contributed by atoms with van der Waals surface area (Å²) in [5.74, 6) is 0. The van der Waals surface area contributed by atoms with Crippen LogP contribution in [-0.2, 0) is 21.3 Å². The molecule has 3 atom stereocenters. The third kappa shape index (κ3) is 5.51. The zero-order chi connectivity index (χ0) is 22.6. The van der Waals surface area contributed by atoms with Crippen LogP contribution in [0.15, 0.2) is 59.9 Å². The molecular weight excluding hydrogens is 454 g/mol. The van der Waals surface area contributed by atoms with Gasteiger partial charge in [0.15, 0.2) is 0 Å². The highest BCUT2D eigenvalue weighted by molar-refractivity contribution is 7.89. The van der Waals surface area contributed by atoms with Crippen molar-refractivity contribution >= 4 is 21.6 Å². The van der Waals surface area contributed by atoms with E-state index in [1.54, 1.807) is 17.1 Å². The number of aliphatic hydroxyl groups is 1. The number of hydrogen-bond donors (Lipinski definition) is 2. The van der Waals surface area contributed by atoms with Crippen molar-refractivity contribution in [2.45, 2.75) is 49.0 Å². The van der Waals surface area contributed by atoms with E-state index >= 15 is 0 Å². The van der Waals surface area contributed by atoms with E-state index in [1.165, 1.54) is 24.3 Å². The number of pyridine rings is 1. The number of ether oxygens (including phenoxy) is 1. The fraction of sp³-hybridized carbons (Fsp3) is 0.381. The van der Waals surface area contributed by atoms with Crippen LogP contribution < -0.4 is 4.72 Å². The van der Waals surface area contributed by atoms with Gasteiger partial charge in [-0.05, 0) is 55.7 Å². The second-order valence-corrected chi connectivity index (χ2v) is 9.79. The van der Waals surface area contributed by atoms with Crippen molar-refractivity contribution in [3.8, 4) is 11.3 Å². The Kier molecular flexibility index (Phi) is 7.17. The van der Waals surface area contributed by atoms with Crippen LogP contribution in [-0.4, -0.2) is 58.4 Å². The summed E-state index contributed by atoms with van der Waals surface area (Å²) in [6.45, 7) is 0.316. The number of hydrogen-bond acceptors (Lipinski definition) is 7. The van der Waals surface area contributed by atoms with Crippen molar-refractivity contribution in [2.75, 3.05) is 6.61 Å². The van der Waals surface area contributed by atoms with E-state index in [0.29, 0.717) is 30.8 Å². The summed E-state index contributed by atoms with van der Waals surface area (Å²) in [4.78, 5) is 4.21. The Bertz CT molecular complexity index is 1120. The molecule has 4 rings (SSSR count). The van der Waals surface area contributed by atoms with Crippen LogP contribution in [0.4, 0.5) is 0 Å². The standard InChI is InChI=1S/C21H24ClN5O4S/c22-16-3-6-18(7-4-16)32(29,30)25-19-8-5-17(31-21(19)14-28)9-11-27-13-20(24-26-27)15-2-1-10-23-12-15/h1-4,6-7,10,12-13,17,19,21,25,28H,5,8-9,11,14H2/t17-,19+,21+/m1/s1. The lowest BCUT2D eigenvalue weighted by Crippen LogP contribution is -2.50. The highest BCUT2D eigenvalue weighted by atomic mass is 35.5. The van der Waals surface area contributed by atoms with Crippen LogP contribution in [0.25, 0.3) is 11.3 Å². The molecule has 11 heteroatoms. The van der Waals surface area contributed by atoms with Gasteiger partial charge < -0.3 is 9.84 Å². The summed E-state index contributed by atoms with van der Waals surface area (Å²) >= 11 is 5.84. The Hall–Kier alpha value is -2.37. The first kappa shape index (κ1) is 22.8. The molecule has 2 N–H and O–H groups in total. The van der Waals surface area contributed by atoms with E-state index in [0.717, 1.165) is 11.3 Å². The highest BCUT2D eigenvalue weighted by Crippen LogP contribution is 2.24. The fourth-order valence-electron chi connectivity index (χ4n) is 3.69. The number of aliphatic hydroxyl groups excluding tert-OH is 1. The minimum absolute atomic E-state index is 0.116. The third-order valence-corrected chi connectivity index (χ3v) is 7.16. The van der Waals surface area contributed by atoms with Gasteiger partial charge in [0.25, 0.3) is 0 Å². The van der Waals surface area contributed by atoms with E-state index < -0.39 is 22.2 Å². The minimum atomic E-state index is -3.74. The predicted molar refractivity (Wildman–Crippen MR) is 118 cm³/mol. The lowest BCUT2D eigenvalue weighted by molar-refractivity contribution is -0.0891. The van der Waals surface area contributed by atoms with Crippen molar-refractivity contribution in [3.05, 3.63) is 60.0 Å². The monoisotopic (exact) mass is 477 g/mol. The maximum Gasteiger partial charge on any atom is 0.240 e. The average molecular weight is 478 g/mol. The molecule has 0 aliphatic carbocycles. The van der Waals surface area contributed by atoms with Crippen LogP contribution in [0.1, 0.15) is 19.3 Å². The molecule has 3 heterocycles. The first-order valence-electron chi connectivity index (χ1n) is 10.3. The first-order chi connectivity index (χ1) is 15.4. The number of benzene rings is 1. The lowest BCUT2D eigenvalue weighted by atomic mass is 9.98. The maximum absolute atomic E-state index is 12.7. The van der Waals surface area contributed by atoms with Crippen molar-refractivity contribution in [2.24, 2.45) is 0 Å². The maximum atomic E-state index is 12.7. The summed E-state index contributed by atoms with van der Waals surface area (Å²) in [5, 5.41) is 18.6. The molecule has 1 saturated heterocycles. The van der Waals surface area contributed by atoms with E-state index in [2.05, 4.69) is 20.0 Å². The number of aromatic nitrogens is 4. The number of rotatable bonds is 8. The molecular formula is C21H24ClN5O4S. The van der Waals surface area contributed by atoms with E-state index in [1.807, 2.05) is 18.3 Å². The van der Waals surface area contributed by atoms with Crippen LogP contribution in [0.5, 0.6) is 0 Å². The Labute approximate surface area is 191 Å². The quantitative estimate of drug-likeness (QED) is 0.510. The molecule has 170 valence electrons. The number of aryl methyl sites for hydroxylation is 1. The first-order valence-corrected chi connectivity index (χ1v) is 12.2. The SMILES string of the molecule is O=S(=O)(N[C@H]1CC[C@H](CCn2cc(-c3cccnc3)nn2)O[C@H]1CO)c1ccc(Cl)cc1. The zero-order valence-electron chi connectivity index (χ0n) is 17.2. The Morgan fingerprint density at radius 1 is 1.22 bits per heavy atom. The zero-order valence-corrected chi connectivity index (χ0v) is 18.8. The molecule has 0 saturated carbocycles. The second-order valence-electron chi connectivity index (χ2n) is 7.64. The second kappa shape index (κ2) is 10.1. The summed E-state index contributed by atoms with van der Waals surface area (Å²) in [7, 11) is -3.74. The van der Waals surface area contributed by atoms with Gasteiger partial charge in [0.1, 0.15) is 5.69 Å². The summed E-state index contributed by atoms with van der Waals surface area (Å²) in [6.07, 6.45) is 6.43. The molecule has 9 nitrogen and oxygen atoms in total. The van der Waals surface area contributed by atoms with Gasteiger partial charge in [-0.1, -0.05) is 16.8 Å². The highest BCUT2D eigenvalue weighted by Gasteiger charge is 2.33. The van der Waals surface area contributed by atoms with Crippen LogP contribution in [0.2, 0.25) is 5.02 Å². The normalized spacial score (nSPS) is 21.5. The van der Waals surface area contributed by atoms with Gasteiger partial charge in [0, 0.05) is 29.5 Å². The molecule has 0 unspecified atom stereocenters. The molecule has 0 spiro atoms. The van der Waals surface area contributed by atoms with Gasteiger partial charge in [-0.15, -0.1) is 5.10 Å². The van der Waals surface area contributed by atoms with Crippen molar-refractivity contribution in [3.63, 3.8) is 0 Å². The van der Waals surface area contributed by atoms with Gasteiger partial charge in [0.2, 0.25) is 10.0 Å². The average Bonchev–Trinajstić information content (AvgIpc) is 3.28. The number of nitrogens with one attached hydrogen (secondary N) is 1. The molecule has 3 aromatic rings. The summed E-state index contributed by atoms with van der Waals surface area (Å²) < 4.78 is 35.7. The number of halogens is 1. The van der Waals surface area contributed by atoms with Crippen LogP contribution >= 0.6 is 11.6 Å². The van der Waals surface area contributed by atoms with Crippen molar-refractivity contribution in [1.82, 2.24) is 24.7 Å². The van der Waals surface area contributed by atoms with Crippen LogP contribution in [0, 0.1) is 0 Å². The molecule has 1 aliphatic rings. The molecule has 1 aromatic carbocycles. The number of nitrogens with zero attached hydrogens (tertiary/aromatic N) is 4. The fourth-order valence-corrected chi connectivity index (χ4v) is 5.12. The molecule has 32 heavy (non-hydrogen) atoms. The number of sulfonamides is 1.